The van der Waals surface area contributed by atoms with E-state index in [9.17, 15) is 9.59 Å². The van der Waals surface area contributed by atoms with E-state index in [2.05, 4.69) is 10.1 Å². The Kier molecular flexibility index (Phi) is 5.77. The van der Waals surface area contributed by atoms with Gasteiger partial charge in [0.1, 0.15) is 12.4 Å². The van der Waals surface area contributed by atoms with Crippen LogP contribution in [0.25, 0.3) is 0 Å². The highest BCUT2D eigenvalue weighted by Gasteiger charge is 1.99. The van der Waals surface area contributed by atoms with Crippen molar-refractivity contribution in [1.82, 2.24) is 10.1 Å². The normalized spacial score (nSPS) is 10.0. The Morgan fingerprint density at radius 3 is 2.50 bits per heavy atom. The van der Waals surface area contributed by atoms with Crippen LogP contribution in [0, 0.1) is 0 Å². The molecule has 0 aliphatic carbocycles. The largest absolute Gasteiger partial charge is 0.397 e. The van der Waals surface area contributed by atoms with Crippen LogP contribution in [0.4, 0.5) is 0 Å². The van der Waals surface area contributed by atoms with Crippen molar-refractivity contribution in [2.45, 2.75) is 0 Å². The minimum atomic E-state index is 0.425. The predicted octanol–water partition coefficient (Wildman–Crippen LogP) is -1.89. The fraction of sp³-hybridized carbons (Fsp3) is 0.400. The van der Waals surface area contributed by atoms with Crippen LogP contribution >= 0.6 is 0 Å². The lowest BCUT2D eigenvalue weighted by atomic mass is 9.98. The molecule has 0 aromatic heterocycles. The van der Waals surface area contributed by atoms with Gasteiger partial charge in [-0.25, -0.2) is 0 Å². The maximum Gasteiger partial charge on any atom is 0.358 e. The number of guanidine groups is 1. The summed E-state index contributed by atoms with van der Waals surface area (Å²) in [7, 11) is 5.77. The first-order valence-corrected chi connectivity index (χ1v) is 3.28. The Morgan fingerprint density at radius 1 is 1.42 bits per heavy atom. The summed E-state index contributed by atoms with van der Waals surface area (Å²) in [4.78, 5) is 25.2. The smallest absolute Gasteiger partial charge is 0.358 e. The summed E-state index contributed by atoms with van der Waals surface area (Å²) in [6.07, 6.45) is 1.16. The van der Waals surface area contributed by atoms with Crippen molar-refractivity contribution >= 4 is 33.2 Å². The maximum absolute atomic E-state index is 9.93. The maximum atomic E-state index is 9.93. The molecule has 0 atom stereocenters. The van der Waals surface area contributed by atoms with Crippen molar-refractivity contribution in [3.05, 3.63) is 0 Å². The molecule has 5 nitrogen and oxygen atoms in total. The molecule has 0 rings (SSSR count). The van der Waals surface area contributed by atoms with Crippen LogP contribution < -0.4 is 5.23 Å². The third-order valence-corrected chi connectivity index (χ3v) is 0.962. The number of carbonyl (C=O) groups excluding carboxylic acids is 2. The van der Waals surface area contributed by atoms with E-state index in [0.717, 1.165) is 7.41 Å². The second-order valence-electron chi connectivity index (χ2n) is 2.08. The molecule has 0 heterocycles. The molecule has 0 spiro atoms. The van der Waals surface area contributed by atoms with Gasteiger partial charge in [0.05, 0.1) is 0 Å². The molecule has 0 saturated carbocycles. The molecule has 2 radical (unpaired) electrons. The summed E-state index contributed by atoms with van der Waals surface area (Å²) in [6.45, 7) is 0. The summed E-state index contributed by atoms with van der Waals surface area (Å²) in [5.41, 5.74) is 0. The Morgan fingerprint density at radius 2 is 2.08 bits per heavy atom. The molecule has 0 fully saturated rings. The molecular formula is C5H9B2N3O2. The topological polar surface area (TPSA) is 61.8 Å². The van der Waals surface area contributed by atoms with E-state index < -0.39 is 0 Å². The van der Waals surface area contributed by atoms with Gasteiger partial charge in [-0.3, -0.25) is 0 Å². The van der Waals surface area contributed by atoms with Crippen molar-refractivity contribution in [3.63, 3.8) is 0 Å². The fourth-order valence-corrected chi connectivity index (χ4v) is 0.491. The number of nitrogens with one attached hydrogen (secondary N) is 1. The average molecular weight is 165 g/mol. The van der Waals surface area contributed by atoms with Crippen LogP contribution in [0.15, 0.2) is 4.90 Å². The SMILES string of the molecule is CN(C)C(=N[B]C=O)N[B]C=O. The fourth-order valence-electron chi connectivity index (χ4n) is 0.491. The Hall–Kier alpha value is -1.26. The van der Waals surface area contributed by atoms with Crippen LogP contribution in [0.2, 0.25) is 0 Å². The van der Waals surface area contributed by atoms with Gasteiger partial charge in [-0.05, 0) is 0 Å². The Labute approximate surface area is 72.7 Å². The van der Waals surface area contributed by atoms with E-state index in [1.807, 2.05) is 0 Å². The number of rotatable bonds is 4. The molecule has 12 heavy (non-hydrogen) atoms. The molecule has 7 heteroatoms. The van der Waals surface area contributed by atoms with Crippen molar-refractivity contribution in [1.29, 1.82) is 0 Å². The van der Waals surface area contributed by atoms with Crippen molar-refractivity contribution in [2.24, 2.45) is 4.90 Å². The summed E-state index contributed by atoms with van der Waals surface area (Å²) in [6, 6.07) is 0. The standard InChI is InChI=1S/C5H9B2N3O2/c1-10(2)5(8-6-3-11)9-7-4-12/h3-4H,1-2H3,(H,8,9). The summed E-state index contributed by atoms with van der Waals surface area (Å²) >= 11 is 0. The van der Waals surface area contributed by atoms with Gasteiger partial charge >= 0.3 is 14.8 Å². The molecule has 1 N–H and O–H groups in total. The van der Waals surface area contributed by atoms with Gasteiger partial charge in [-0.15, -0.1) is 0 Å². The highest BCUT2D eigenvalue weighted by atomic mass is 16.1. The van der Waals surface area contributed by atoms with Gasteiger partial charge in [0.15, 0.2) is 5.96 Å². The van der Waals surface area contributed by atoms with Crippen LogP contribution in [0.1, 0.15) is 0 Å². The quantitative estimate of drug-likeness (QED) is 0.229. The lowest BCUT2D eigenvalue weighted by molar-refractivity contribution is 0.567. The predicted molar refractivity (Wildman–Crippen MR) is 49.3 cm³/mol. The lowest BCUT2D eigenvalue weighted by Crippen LogP contribution is -2.39. The summed E-state index contributed by atoms with van der Waals surface area (Å²) in [5, 5.41) is 2.60. The molecule has 0 saturated heterocycles. The number of carbonyl (C=O) groups is 2. The van der Waals surface area contributed by atoms with Crippen LogP contribution in [-0.2, 0) is 9.59 Å². The van der Waals surface area contributed by atoms with Crippen molar-refractivity contribution in [2.75, 3.05) is 14.1 Å². The van der Waals surface area contributed by atoms with E-state index in [4.69, 9.17) is 0 Å². The van der Waals surface area contributed by atoms with E-state index in [-0.39, 0.29) is 0 Å². The highest BCUT2D eigenvalue weighted by Crippen LogP contribution is 1.76. The molecular weight excluding hydrogens is 156 g/mol. The zero-order chi connectivity index (χ0) is 9.40. The lowest BCUT2D eigenvalue weighted by Gasteiger charge is -2.15. The first-order valence-electron chi connectivity index (χ1n) is 3.28. The van der Waals surface area contributed by atoms with Crippen LogP contribution in [0.5, 0.6) is 0 Å². The molecule has 62 valence electrons. The van der Waals surface area contributed by atoms with E-state index in [1.54, 1.807) is 19.0 Å². The molecule has 0 amide bonds. The van der Waals surface area contributed by atoms with Crippen molar-refractivity contribution in [3.8, 4) is 0 Å². The van der Waals surface area contributed by atoms with Crippen molar-refractivity contribution < 1.29 is 9.59 Å². The Bertz CT molecular complexity index is 184. The van der Waals surface area contributed by atoms with Crippen LogP contribution in [-0.4, -0.2) is 52.2 Å². The van der Waals surface area contributed by atoms with Gasteiger partial charge in [0.25, 0.3) is 0 Å². The molecule has 0 aromatic rings. The molecule has 0 bridgehead atoms. The molecule has 0 unspecified atom stereocenters. The summed E-state index contributed by atoms with van der Waals surface area (Å²) in [5.74, 6) is 0.425. The second-order valence-corrected chi connectivity index (χ2v) is 2.08. The molecule has 0 aliphatic rings. The molecule has 0 aliphatic heterocycles. The van der Waals surface area contributed by atoms with Gasteiger partial charge < -0.3 is 24.6 Å². The van der Waals surface area contributed by atoms with E-state index in [1.165, 1.54) is 7.41 Å². The Balaban J connectivity index is 4.01. The third-order valence-electron chi connectivity index (χ3n) is 0.962. The van der Waals surface area contributed by atoms with Crippen LogP contribution in [0.3, 0.4) is 0 Å². The first-order chi connectivity index (χ1) is 5.72. The monoisotopic (exact) mass is 165 g/mol. The zero-order valence-electron chi connectivity index (χ0n) is 7.02. The minimum absolute atomic E-state index is 0.425. The molecule has 0 aromatic carbocycles. The van der Waals surface area contributed by atoms with E-state index in [0.29, 0.717) is 18.3 Å². The number of hydrogen-bond donors (Lipinski definition) is 1. The van der Waals surface area contributed by atoms with Gasteiger partial charge in [0, 0.05) is 14.1 Å². The summed E-state index contributed by atoms with van der Waals surface area (Å²) < 4.78 is 0. The van der Waals surface area contributed by atoms with Gasteiger partial charge in [0.2, 0.25) is 0 Å². The third kappa shape index (κ3) is 4.54. The average Bonchev–Trinajstić information content (AvgIpc) is 2.04. The number of nitrogens with zero attached hydrogens (tertiary/aromatic N) is 2. The second kappa shape index (κ2) is 6.45. The number of hydrogen-bond acceptors (Lipinski definition) is 3. The van der Waals surface area contributed by atoms with Gasteiger partial charge in [-0.2, -0.15) is 0 Å². The van der Waals surface area contributed by atoms with E-state index >= 15 is 0 Å². The van der Waals surface area contributed by atoms with Gasteiger partial charge in [-0.1, -0.05) is 0 Å². The first kappa shape index (κ1) is 10.7. The highest BCUT2D eigenvalue weighted by molar-refractivity contribution is 6.68. The zero-order valence-corrected chi connectivity index (χ0v) is 7.02. The minimum Gasteiger partial charge on any atom is -0.397 e.